The van der Waals surface area contributed by atoms with Crippen LogP contribution in [0.2, 0.25) is 0 Å². The molecule has 0 atom stereocenters. The van der Waals surface area contributed by atoms with E-state index in [1.165, 1.54) is 7.11 Å². The number of nitrogens with zero attached hydrogens (tertiary/aromatic N) is 2. The first kappa shape index (κ1) is 18.2. The number of ether oxygens (including phenoxy) is 1. The minimum absolute atomic E-state index is 0.0780. The van der Waals surface area contributed by atoms with Crippen LogP contribution in [0.3, 0.4) is 0 Å². The Morgan fingerprint density at radius 2 is 1.88 bits per heavy atom. The third-order valence-electron chi connectivity index (χ3n) is 4.65. The van der Waals surface area contributed by atoms with Gasteiger partial charge in [-0.1, -0.05) is 18.2 Å². The lowest BCUT2D eigenvalue weighted by molar-refractivity contribution is 0.0598. The maximum atomic E-state index is 12.6. The zero-order valence-corrected chi connectivity index (χ0v) is 15.2. The first-order valence-corrected chi connectivity index (χ1v) is 8.83. The Balaban J connectivity index is 1.61. The first-order valence-electron chi connectivity index (χ1n) is 8.83. The van der Waals surface area contributed by atoms with E-state index in [4.69, 9.17) is 9.15 Å². The molecule has 2 aromatic rings. The van der Waals surface area contributed by atoms with Crippen molar-refractivity contribution in [1.82, 2.24) is 9.80 Å². The minimum atomic E-state index is -0.381. The van der Waals surface area contributed by atoms with Crippen LogP contribution in [-0.4, -0.2) is 55.0 Å². The number of methoxy groups -OCH3 is 1. The predicted octanol–water partition coefficient (Wildman–Crippen LogP) is 2.72. The van der Waals surface area contributed by atoms with E-state index in [0.717, 1.165) is 37.4 Å². The highest BCUT2D eigenvalue weighted by molar-refractivity contribution is 5.94. The molecule has 0 unspecified atom stereocenters. The van der Waals surface area contributed by atoms with Crippen molar-refractivity contribution in [3.05, 3.63) is 59.0 Å². The number of aryl methyl sites for hydroxylation is 1. The molecule has 1 aromatic carbocycles. The first-order chi connectivity index (χ1) is 12.6. The fourth-order valence-corrected chi connectivity index (χ4v) is 3.25. The molecule has 0 radical (unpaired) electrons. The number of benzene rings is 1. The molecule has 138 valence electrons. The normalized spacial score (nSPS) is 15.5. The maximum absolute atomic E-state index is 12.6. The summed E-state index contributed by atoms with van der Waals surface area (Å²) < 4.78 is 10.5. The largest absolute Gasteiger partial charge is 0.465 e. The Morgan fingerprint density at radius 3 is 2.62 bits per heavy atom. The van der Waals surface area contributed by atoms with Gasteiger partial charge in [-0.25, -0.2) is 4.79 Å². The lowest BCUT2D eigenvalue weighted by atomic mass is 10.2. The van der Waals surface area contributed by atoms with Gasteiger partial charge in [0.25, 0.3) is 5.91 Å². The van der Waals surface area contributed by atoms with Crippen LogP contribution in [0.4, 0.5) is 0 Å². The Bertz CT molecular complexity index is 769. The highest BCUT2D eigenvalue weighted by Crippen LogP contribution is 2.18. The zero-order chi connectivity index (χ0) is 18.5. The lowest BCUT2D eigenvalue weighted by Crippen LogP contribution is -2.35. The van der Waals surface area contributed by atoms with Crippen LogP contribution in [0, 0.1) is 6.92 Å². The van der Waals surface area contributed by atoms with Gasteiger partial charge in [0.2, 0.25) is 0 Å². The van der Waals surface area contributed by atoms with E-state index in [2.05, 4.69) is 4.90 Å². The maximum Gasteiger partial charge on any atom is 0.341 e. The van der Waals surface area contributed by atoms with Crippen LogP contribution in [-0.2, 0) is 11.3 Å². The molecule has 6 nitrogen and oxygen atoms in total. The summed E-state index contributed by atoms with van der Waals surface area (Å²) in [6.07, 6.45) is 0.905. The van der Waals surface area contributed by atoms with Crippen LogP contribution < -0.4 is 0 Å². The van der Waals surface area contributed by atoms with Crippen LogP contribution in [0.1, 0.15) is 38.7 Å². The smallest absolute Gasteiger partial charge is 0.341 e. The summed E-state index contributed by atoms with van der Waals surface area (Å²) >= 11 is 0. The summed E-state index contributed by atoms with van der Waals surface area (Å²) in [5.41, 5.74) is 1.20. The minimum Gasteiger partial charge on any atom is -0.465 e. The van der Waals surface area contributed by atoms with Crippen molar-refractivity contribution in [2.75, 3.05) is 33.3 Å². The number of hydrogen-bond acceptors (Lipinski definition) is 5. The molecule has 1 fully saturated rings. The quantitative estimate of drug-likeness (QED) is 0.788. The number of rotatable bonds is 4. The van der Waals surface area contributed by atoms with Crippen LogP contribution in [0.5, 0.6) is 0 Å². The average molecular weight is 356 g/mol. The lowest BCUT2D eigenvalue weighted by Gasteiger charge is -2.21. The van der Waals surface area contributed by atoms with Crippen molar-refractivity contribution in [3.63, 3.8) is 0 Å². The van der Waals surface area contributed by atoms with E-state index < -0.39 is 0 Å². The fourth-order valence-electron chi connectivity index (χ4n) is 3.25. The molecule has 0 N–H and O–H groups in total. The zero-order valence-electron chi connectivity index (χ0n) is 15.2. The highest BCUT2D eigenvalue weighted by atomic mass is 16.5. The van der Waals surface area contributed by atoms with Gasteiger partial charge in [-0.05, 0) is 31.5 Å². The number of hydrogen-bond donors (Lipinski definition) is 0. The van der Waals surface area contributed by atoms with Crippen LogP contribution in [0.25, 0.3) is 0 Å². The van der Waals surface area contributed by atoms with Gasteiger partial charge in [0.15, 0.2) is 0 Å². The topological polar surface area (TPSA) is 63.0 Å². The summed E-state index contributed by atoms with van der Waals surface area (Å²) in [5.74, 6) is 1.01. The summed E-state index contributed by atoms with van der Waals surface area (Å²) in [5, 5.41) is 0. The molecular weight excluding hydrogens is 332 g/mol. The summed E-state index contributed by atoms with van der Waals surface area (Å²) in [4.78, 5) is 28.5. The van der Waals surface area contributed by atoms with Crippen molar-refractivity contribution in [2.24, 2.45) is 0 Å². The summed E-state index contributed by atoms with van der Waals surface area (Å²) in [6.45, 7) is 5.45. The van der Waals surface area contributed by atoms with E-state index in [1.807, 2.05) is 35.2 Å². The molecule has 1 aliphatic rings. The Labute approximate surface area is 153 Å². The molecule has 6 heteroatoms. The molecule has 1 amide bonds. The predicted molar refractivity (Wildman–Crippen MR) is 97.0 cm³/mol. The Morgan fingerprint density at radius 1 is 1.12 bits per heavy atom. The fraction of sp³-hybridized carbons (Fsp3) is 0.400. The molecule has 0 spiro atoms. The number of carbonyl (C=O) groups is 2. The number of furan rings is 1. The van der Waals surface area contributed by atoms with E-state index >= 15 is 0 Å². The van der Waals surface area contributed by atoms with E-state index in [1.54, 1.807) is 13.0 Å². The van der Waals surface area contributed by atoms with Crippen molar-refractivity contribution in [1.29, 1.82) is 0 Å². The summed E-state index contributed by atoms with van der Waals surface area (Å²) in [6, 6.07) is 11.1. The monoisotopic (exact) mass is 356 g/mol. The molecular formula is C20H24N2O4. The number of carbonyl (C=O) groups excluding carboxylic acids is 2. The number of esters is 1. The molecule has 2 heterocycles. The second-order valence-electron chi connectivity index (χ2n) is 6.46. The van der Waals surface area contributed by atoms with Gasteiger partial charge in [0.05, 0.1) is 13.7 Å². The molecule has 1 aromatic heterocycles. The molecule has 0 bridgehead atoms. The van der Waals surface area contributed by atoms with Crippen LogP contribution >= 0.6 is 0 Å². The SMILES string of the molecule is COC(=O)c1cc(CN2CCCN(C(=O)c3ccccc3)CC2)oc1C. The molecule has 1 aliphatic heterocycles. The van der Waals surface area contributed by atoms with Crippen molar-refractivity contribution < 1.29 is 18.7 Å². The second kappa shape index (κ2) is 8.19. The van der Waals surface area contributed by atoms with Gasteiger partial charge in [0.1, 0.15) is 17.1 Å². The average Bonchev–Trinajstić information content (AvgIpc) is 2.88. The van der Waals surface area contributed by atoms with Crippen molar-refractivity contribution >= 4 is 11.9 Å². The van der Waals surface area contributed by atoms with Gasteiger partial charge in [-0.3, -0.25) is 9.69 Å². The van der Waals surface area contributed by atoms with E-state index in [9.17, 15) is 9.59 Å². The Kier molecular flexibility index (Phi) is 5.73. The summed E-state index contributed by atoms with van der Waals surface area (Å²) in [7, 11) is 1.36. The standard InChI is InChI=1S/C20H24N2O4/c1-15-18(20(24)25-2)13-17(26-15)14-21-9-6-10-22(12-11-21)19(23)16-7-4-3-5-8-16/h3-5,7-8,13H,6,9-12,14H2,1-2H3. The third kappa shape index (κ3) is 4.14. The van der Waals surface area contributed by atoms with E-state index in [0.29, 0.717) is 24.4 Å². The molecule has 3 rings (SSSR count). The van der Waals surface area contributed by atoms with Gasteiger partial charge in [-0.15, -0.1) is 0 Å². The second-order valence-corrected chi connectivity index (χ2v) is 6.46. The van der Waals surface area contributed by atoms with Crippen molar-refractivity contribution in [3.8, 4) is 0 Å². The van der Waals surface area contributed by atoms with Crippen LogP contribution in [0.15, 0.2) is 40.8 Å². The van der Waals surface area contributed by atoms with E-state index in [-0.39, 0.29) is 11.9 Å². The van der Waals surface area contributed by atoms with Gasteiger partial charge in [0, 0.05) is 31.7 Å². The Hall–Kier alpha value is -2.60. The van der Waals surface area contributed by atoms with Gasteiger partial charge in [-0.2, -0.15) is 0 Å². The molecule has 0 aliphatic carbocycles. The molecule has 0 saturated carbocycles. The highest BCUT2D eigenvalue weighted by Gasteiger charge is 2.22. The third-order valence-corrected chi connectivity index (χ3v) is 4.65. The molecule has 26 heavy (non-hydrogen) atoms. The number of amides is 1. The van der Waals surface area contributed by atoms with Crippen molar-refractivity contribution in [2.45, 2.75) is 19.9 Å². The molecule has 1 saturated heterocycles. The van der Waals surface area contributed by atoms with Gasteiger partial charge >= 0.3 is 5.97 Å². The van der Waals surface area contributed by atoms with Gasteiger partial charge < -0.3 is 14.1 Å².